The number of likely N-dealkylation sites (N-methyl/N-ethyl adjacent to an activating group) is 1. The second-order valence-corrected chi connectivity index (χ2v) is 15.2. The zero-order valence-electron chi connectivity index (χ0n) is 30.2. The quantitative estimate of drug-likeness (QED) is 0.365. The van der Waals surface area contributed by atoms with Gasteiger partial charge in [-0.05, 0) is 76.6 Å². The third-order valence-electron chi connectivity index (χ3n) is 12.0. The van der Waals surface area contributed by atoms with Crippen molar-refractivity contribution < 1.29 is 19.4 Å². The average molecular weight is 699 g/mol. The third-order valence-corrected chi connectivity index (χ3v) is 12.0. The Hall–Kier alpha value is -4.19. The van der Waals surface area contributed by atoms with Crippen molar-refractivity contribution in [2.45, 2.75) is 83.1 Å². The molecule has 0 radical (unpaired) electrons. The molecular weight excluding hydrogens is 648 g/mol. The van der Waals surface area contributed by atoms with Gasteiger partial charge >= 0.3 is 12.1 Å². The van der Waals surface area contributed by atoms with Gasteiger partial charge in [-0.25, -0.2) is 9.48 Å². The number of nitrogens with zero attached hydrogens (tertiary/aromatic N) is 10. The van der Waals surface area contributed by atoms with Crippen LogP contribution in [-0.2, 0) is 17.7 Å². The molecule has 0 bridgehead atoms. The molecule has 14 nitrogen and oxygen atoms in total. The first-order chi connectivity index (χ1) is 24.7. The fraction of sp³-hybridized carbons (Fsp3) is 0.649. The van der Waals surface area contributed by atoms with Gasteiger partial charge in [0.15, 0.2) is 6.23 Å². The van der Waals surface area contributed by atoms with E-state index in [-0.39, 0.29) is 18.2 Å². The van der Waals surface area contributed by atoms with Crippen molar-refractivity contribution in [3.63, 3.8) is 0 Å². The molecule has 2 atom stereocenters. The number of nitriles is 1. The minimum absolute atomic E-state index is 0.0320. The van der Waals surface area contributed by atoms with Crippen LogP contribution >= 0.6 is 0 Å². The van der Waals surface area contributed by atoms with Crippen LogP contribution in [0.3, 0.4) is 0 Å². The highest BCUT2D eigenvalue weighted by molar-refractivity contribution is 5.95. The number of carbonyl (C=O) groups is 1. The topological polar surface area (TPSA) is 139 Å². The molecule has 272 valence electrons. The van der Waals surface area contributed by atoms with E-state index in [1.165, 1.54) is 21.7 Å². The van der Waals surface area contributed by atoms with Crippen molar-refractivity contribution in [3.05, 3.63) is 34.6 Å². The molecule has 1 aliphatic carbocycles. The molecule has 8 rings (SSSR count). The summed E-state index contributed by atoms with van der Waals surface area (Å²) in [7, 11) is 2.18. The van der Waals surface area contributed by atoms with Crippen molar-refractivity contribution in [2.24, 2.45) is 0 Å². The molecular formula is C37H50N10O4. The molecule has 1 saturated carbocycles. The summed E-state index contributed by atoms with van der Waals surface area (Å²) in [5.41, 5.74) is 6.75. The van der Waals surface area contributed by atoms with Gasteiger partial charge in [0.2, 0.25) is 0 Å². The average Bonchev–Trinajstić information content (AvgIpc) is 3.83. The second kappa shape index (κ2) is 13.7. The summed E-state index contributed by atoms with van der Waals surface area (Å²) in [5, 5.41) is 25.4. The van der Waals surface area contributed by atoms with Gasteiger partial charge in [0.1, 0.15) is 12.4 Å². The molecule has 2 aromatic heterocycles. The first-order valence-electron chi connectivity index (χ1n) is 18.7. The van der Waals surface area contributed by atoms with E-state index < -0.39 is 12.1 Å². The maximum Gasteiger partial charge on any atom is 0.407 e. The van der Waals surface area contributed by atoms with Crippen LogP contribution in [-0.4, -0.2) is 130 Å². The predicted octanol–water partition coefficient (Wildman–Crippen LogP) is 3.95. The molecule has 1 N–H and O–H groups in total. The summed E-state index contributed by atoms with van der Waals surface area (Å²) in [6.45, 7) is 12.4. The maximum absolute atomic E-state index is 12.0. The second-order valence-electron chi connectivity index (χ2n) is 15.2. The van der Waals surface area contributed by atoms with Crippen LogP contribution in [0.4, 0.5) is 16.3 Å². The van der Waals surface area contributed by atoms with Crippen LogP contribution in [0.25, 0.3) is 10.9 Å². The lowest BCUT2D eigenvalue weighted by Crippen LogP contribution is -2.55. The number of ether oxygens (including phenoxy) is 2. The van der Waals surface area contributed by atoms with Crippen molar-refractivity contribution in [1.29, 1.82) is 5.26 Å². The first kappa shape index (κ1) is 33.9. The monoisotopic (exact) mass is 698 g/mol. The highest BCUT2D eigenvalue weighted by atomic mass is 16.5. The number of piperazine rings is 2. The van der Waals surface area contributed by atoms with Gasteiger partial charge in [-0.15, -0.1) is 0 Å². The number of amides is 1. The molecule has 1 aromatic carbocycles. The van der Waals surface area contributed by atoms with Gasteiger partial charge in [0.25, 0.3) is 0 Å². The molecule has 4 aliphatic heterocycles. The Kier molecular flexibility index (Phi) is 9.14. The number of benzene rings is 1. The van der Waals surface area contributed by atoms with Crippen LogP contribution in [0.15, 0.2) is 12.3 Å². The number of hydrogen-bond acceptors (Lipinski definition) is 11. The Morgan fingerprint density at radius 3 is 2.65 bits per heavy atom. The summed E-state index contributed by atoms with van der Waals surface area (Å²) in [4.78, 5) is 33.1. The van der Waals surface area contributed by atoms with E-state index in [2.05, 4.69) is 57.3 Å². The zero-order valence-corrected chi connectivity index (χ0v) is 30.2. The van der Waals surface area contributed by atoms with Gasteiger partial charge in [0, 0.05) is 69.9 Å². The molecule has 51 heavy (non-hydrogen) atoms. The van der Waals surface area contributed by atoms with Gasteiger partial charge < -0.3 is 34.2 Å². The van der Waals surface area contributed by atoms with E-state index in [0.717, 1.165) is 106 Å². The molecule has 1 unspecified atom stereocenters. The predicted molar refractivity (Wildman–Crippen MR) is 192 cm³/mol. The normalized spacial score (nSPS) is 24.0. The van der Waals surface area contributed by atoms with E-state index in [4.69, 9.17) is 24.5 Å². The fourth-order valence-electron chi connectivity index (χ4n) is 8.61. The molecule has 14 heteroatoms. The number of anilines is 2. The van der Waals surface area contributed by atoms with Gasteiger partial charge in [-0.3, -0.25) is 4.90 Å². The van der Waals surface area contributed by atoms with E-state index in [0.29, 0.717) is 38.8 Å². The summed E-state index contributed by atoms with van der Waals surface area (Å²) in [6.07, 6.45) is 7.22. The molecule has 6 heterocycles. The number of hydrogen-bond donors (Lipinski definition) is 1. The number of rotatable bonds is 8. The minimum Gasteiger partial charge on any atom is -0.465 e. The number of carboxylic acid groups (broad SMARTS) is 1. The number of fused-ring (bicyclic) bond motifs is 2. The van der Waals surface area contributed by atoms with Crippen LogP contribution in [0, 0.1) is 25.2 Å². The van der Waals surface area contributed by atoms with E-state index >= 15 is 0 Å². The summed E-state index contributed by atoms with van der Waals surface area (Å²) in [5.74, 6) is 0.806. The Balaban J connectivity index is 1.12. The molecule has 3 saturated heterocycles. The van der Waals surface area contributed by atoms with Gasteiger partial charge in [-0.2, -0.15) is 20.3 Å². The van der Waals surface area contributed by atoms with E-state index in [9.17, 15) is 15.2 Å². The first-order valence-corrected chi connectivity index (χ1v) is 18.7. The fourth-order valence-corrected chi connectivity index (χ4v) is 8.61. The Morgan fingerprint density at radius 1 is 1.10 bits per heavy atom. The highest BCUT2D eigenvalue weighted by Gasteiger charge is 2.49. The Morgan fingerprint density at radius 2 is 1.92 bits per heavy atom. The molecule has 0 spiro atoms. The standard InChI is InChI=1S/C37H50N10O4/c1-25-20-31-29(21-39-47(31)32-6-4-5-19-50-32)33(26(25)2)43-12-8-28-30(23-43)40-35(51-24-37(9-10-37)45-16-13-42(3)14-17-45)41-34(28)44-15-18-46(36(48)49)27(22-44)7-11-38/h20-21,27,32H,4-10,12-19,22-24H2,1-3H3,(H,48,49)/t27-,32?/m0/s1. The van der Waals surface area contributed by atoms with Crippen molar-refractivity contribution in [3.8, 4) is 12.1 Å². The Labute approximate surface area is 299 Å². The van der Waals surface area contributed by atoms with Crippen LogP contribution < -0.4 is 14.5 Å². The third kappa shape index (κ3) is 6.44. The molecule has 3 aromatic rings. The van der Waals surface area contributed by atoms with E-state index in [1.807, 2.05) is 6.20 Å². The highest BCUT2D eigenvalue weighted by Crippen LogP contribution is 2.43. The van der Waals surface area contributed by atoms with Gasteiger partial charge in [0.05, 0.1) is 53.7 Å². The summed E-state index contributed by atoms with van der Waals surface area (Å²) < 4.78 is 14.8. The van der Waals surface area contributed by atoms with Crippen LogP contribution in [0.2, 0.25) is 0 Å². The Bertz CT molecular complexity index is 1820. The van der Waals surface area contributed by atoms with Crippen molar-refractivity contribution >= 4 is 28.5 Å². The van der Waals surface area contributed by atoms with Crippen molar-refractivity contribution in [1.82, 2.24) is 34.4 Å². The summed E-state index contributed by atoms with van der Waals surface area (Å²) in [6, 6.07) is 4.38. The van der Waals surface area contributed by atoms with Crippen LogP contribution in [0.1, 0.15) is 67.1 Å². The molecule has 5 aliphatic rings. The zero-order chi connectivity index (χ0) is 35.3. The maximum atomic E-state index is 12.0. The molecule has 1 amide bonds. The lowest BCUT2D eigenvalue weighted by atomic mass is 9.99. The smallest absolute Gasteiger partial charge is 0.407 e. The molecule has 4 fully saturated rings. The number of aromatic nitrogens is 4. The SMILES string of the molecule is Cc1cc2c(cnn2C2CCCCO2)c(N2CCc3c(nc(OCC4(N5CCN(C)CC5)CC4)nc3N3CCN(C(=O)O)[C@@H](CC#N)C3)C2)c1C. The van der Waals surface area contributed by atoms with Crippen molar-refractivity contribution in [2.75, 3.05) is 82.4 Å². The minimum atomic E-state index is -0.990. The van der Waals surface area contributed by atoms with Gasteiger partial charge in [-0.1, -0.05) is 0 Å². The van der Waals surface area contributed by atoms with Crippen LogP contribution in [0.5, 0.6) is 6.01 Å². The summed E-state index contributed by atoms with van der Waals surface area (Å²) >= 11 is 0. The largest absolute Gasteiger partial charge is 0.465 e. The lowest BCUT2D eigenvalue weighted by molar-refractivity contribution is -0.0366. The number of aryl methyl sites for hydroxylation is 1. The van der Waals surface area contributed by atoms with E-state index in [1.54, 1.807) is 0 Å². The lowest BCUT2D eigenvalue weighted by Gasteiger charge is -2.41.